The summed E-state index contributed by atoms with van der Waals surface area (Å²) in [4.78, 5) is 0. The van der Waals surface area contributed by atoms with E-state index < -0.39 is 0 Å². The summed E-state index contributed by atoms with van der Waals surface area (Å²) in [5.41, 5.74) is 3.88. The summed E-state index contributed by atoms with van der Waals surface area (Å²) in [7, 11) is 1.76. The van der Waals surface area contributed by atoms with Crippen LogP contribution in [0.4, 0.5) is 0 Å². The van der Waals surface area contributed by atoms with Gasteiger partial charge in [-0.15, -0.1) is 0 Å². The molecular formula is C16H27NOS. The van der Waals surface area contributed by atoms with Crippen molar-refractivity contribution in [3.63, 3.8) is 0 Å². The van der Waals surface area contributed by atoms with E-state index in [2.05, 4.69) is 52.1 Å². The highest BCUT2D eigenvalue weighted by molar-refractivity contribution is 7.99. The molecule has 1 atom stereocenters. The van der Waals surface area contributed by atoms with Gasteiger partial charge in [-0.05, 0) is 42.8 Å². The van der Waals surface area contributed by atoms with E-state index >= 15 is 0 Å². The Labute approximate surface area is 122 Å². The van der Waals surface area contributed by atoms with Crippen LogP contribution in [0, 0.1) is 13.8 Å². The molecule has 3 heteroatoms. The van der Waals surface area contributed by atoms with Gasteiger partial charge in [0, 0.05) is 17.4 Å². The molecule has 0 amide bonds. The second kappa shape index (κ2) is 7.81. The standard InChI is InChI=1S/C16H27NOS/c1-7-17-14(10-19-11(2)3)16-13(5)8-12(4)9-15(16)18-6/h8-9,11,14,17H,7,10H2,1-6H3. The molecule has 0 spiro atoms. The Bertz CT molecular complexity index is 404. The minimum Gasteiger partial charge on any atom is -0.496 e. The van der Waals surface area contributed by atoms with E-state index in [1.807, 2.05) is 11.8 Å². The van der Waals surface area contributed by atoms with E-state index in [1.165, 1.54) is 16.7 Å². The topological polar surface area (TPSA) is 21.3 Å². The summed E-state index contributed by atoms with van der Waals surface area (Å²) in [5, 5.41) is 4.24. The van der Waals surface area contributed by atoms with Crippen molar-refractivity contribution in [3.8, 4) is 5.75 Å². The Kier molecular flexibility index (Phi) is 6.73. The third-order valence-electron chi connectivity index (χ3n) is 3.11. The minimum absolute atomic E-state index is 0.355. The number of thioether (sulfide) groups is 1. The maximum atomic E-state index is 5.59. The average Bonchev–Trinajstić information content (AvgIpc) is 2.34. The van der Waals surface area contributed by atoms with Crippen LogP contribution in [-0.2, 0) is 0 Å². The van der Waals surface area contributed by atoms with E-state index in [1.54, 1.807) is 7.11 Å². The molecule has 0 heterocycles. The van der Waals surface area contributed by atoms with E-state index in [0.717, 1.165) is 18.0 Å². The minimum atomic E-state index is 0.355. The summed E-state index contributed by atoms with van der Waals surface area (Å²) in [6.45, 7) is 11.9. The summed E-state index contributed by atoms with van der Waals surface area (Å²) < 4.78 is 5.59. The summed E-state index contributed by atoms with van der Waals surface area (Å²) >= 11 is 1.99. The van der Waals surface area contributed by atoms with E-state index in [9.17, 15) is 0 Å². The molecule has 0 bridgehead atoms. The van der Waals surface area contributed by atoms with Crippen molar-refractivity contribution in [1.29, 1.82) is 0 Å². The maximum Gasteiger partial charge on any atom is 0.124 e. The summed E-state index contributed by atoms with van der Waals surface area (Å²) in [5.74, 6) is 2.08. The molecule has 1 aromatic rings. The molecule has 0 fully saturated rings. The van der Waals surface area contributed by atoms with Crippen molar-refractivity contribution in [2.45, 2.75) is 45.9 Å². The largest absolute Gasteiger partial charge is 0.496 e. The van der Waals surface area contributed by atoms with Gasteiger partial charge in [0.15, 0.2) is 0 Å². The predicted molar refractivity (Wildman–Crippen MR) is 86.5 cm³/mol. The Morgan fingerprint density at radius 1 is 1.26 bits per heavy atom. The number of nitrogens with one attached hydrogen (secondary N) is 1. The molecule has 1 unspecified atom stereocenters. The zero-order chi connectivity index (χ0) is 14.4. The SMILES string of the molecule is CCNC(CSC(C)C)c1c(C)cc(C)cc1OC. The molecule has 0 saturated carbocycles. The van der Waals surface area contributed by atoms with E-state index in [-0.39, 0.29) is 0 Å². The first-order chi connectivity index (χ1) is 8.99. The Hall–Kier alpha value is -0.670. The number of aryl methyl sites for hydroxylation is 2. The van der Waals surface area contributed by atoms with Crippen molar-refractivity contribution < 1.29 is 4.74 Å². The second-order valence-corrected chi connectivity index (χ2v) is 6.80. The highest BCUT2D eigenvalue weighted by Gasteiger charge is 2.18. The Morgan fingerprint density at radius 3 is 2.47 bits per heavy atom. The van der Waals surface area contributed by atoms with Gasteiger partial charge >= 0.3 is 0 Å². The average molecular weight is 281 g/mol. The monoisotopic (exact) mass is 281 g/mol. The predicted octanol–water partition coefficient (Wildman–Crippen LogP) is 4.10. The van der Waals surface area contributed by atoms with Gasteiger partial charge in [-0.2, -0.15) is 11.8 Å². The third kappa shape index (κ3) is 4.73. The van der Waals surface area contributed by atoms with Crippen LogP contribution in [0.2, 0.25) is 0 Å². The van der Waals surface area contributed by atoms with Crippen LogP contribution >= 0.6 is 11.8 Å². The molecular weight excluding hydrogens is 254 g/mol. The van der Waals surface area contributed by atoms with Crippen LogP contribution in [-0.4, -0.2) is 24.7 Å². The van der Waals surface area contributed by atoms with Gasteiger partial charge in [-0.1, -0.05) is 26.8 Å². The lowest BCUT2D eigenvalue weighted by atomic mass is 9.98. The fourth-order valence-electron chi connectivity index (χ4n) is 2.33. The van der Waals surface area contributed by atoms with Crippen LogP contribution in [0.15, 0.2) is 12.1 Å². The molecule has 1 N–H and O–H groups in total. The first-order valence-corrected chi connectivity index (χ1v) is 8.04. The zero-order valence-corrected chi connectivity index (χ0v) is 13.9. The number of benzene rings is 1. The smallest absolute Gasteiger partial charge is 0.124 e. The number of methoxy groups -OCH3 is 1. The number of ether oxygens (including phenoxy) is 1. The van der Waals surface area contributed by atoms with E-state index in [4.69, 9.17) is 4.74 Å². The fourth-order valence-corrected chi connectivity index (χ4v) is 3.20. The lowest BCUT2D eigenvalue weighted by molar-refractivity contribution is 0.402. The van der Waals surface area contributed by atoms with Crippen LogP contribution in [0.3, 0.4) is 0 Å². The molecule has 0 aliphatic carbocycles. The molecule has 2 nitrogen and oxygen atoms in total. The highest BCUT2D eigenvalue weighted by atomic mass is 32.2. The molecule has 0 aliphatic rings. The van der Waals surface area contributed by atoms with Crippen molar-refractivity contribution >= 4 is 11.8 Å². The van der Waals surface area contributed by atoms with E-state index in [0.29, 0.717) is 11.3 Å². The highest BCUT2D eigenvalue weighted by Crippen LogP contribution is 2.32. The zero-order valence-electron chi connectivity index (χ0n) is 13.0. The second-order valence-electron chi connectivity index (χ2n) is 5.19. The molecule has 0 aromatic heterocycles. The van der Waals surface area contributed by atoms with Crippen LogP contribution in [0.1, 0.15) is 43.5 Å². The van der Waals surface area contributed by atoms with Crippen molar-refractivity contribution in [3.05, 3.63) is 28.8 Å². The van der Waals surface area contributed by atoms with Crippen LogP contribution < -0.4 is 10.1 Å². The van der Waals surface area contributed by atoms with Crippen LogP contribution in [0.25, 0.3) is 0 Å². The molecule has 19 heavy (non-hydrogen) atoms. The van der Waals surface area contributed by atoms with Crippen molar-refractivity contribution in [2.24, 2.45) is 0 Å². The fraction of sp³-hybridized carbons (Fsp3) is 0.625. The molecule has 1 rings (SSSR count). The first-order valence-electron chi connectivity index (χ1n) is 6.99. The molecule has 0 aliphatic heterocycles. The van der Waals surface area contributed by atoms with Gasteiger partial charge in [-0.25, -0.2) is 0 Å². The van der Waals surface area contributed by atoms with Gasteiger partial charge in [0.05, 0.1) is 7.11 Å². The Balaban J connectivity index is 3.06. The normalized spacial score (nSPS) is 12.8. The van der Waals surface area contributed by atoms with Crippen molar-refractivity contribution in [2.75, 3.05) is 19.4 Å². The summed E-state index contributed by atoms with van der Waals surface area (Å²) in [6, 6.07) is 4.72. The third-order valence-corrected chi connectivity index (χ3v) is 4.30. The molecule has 108 valence electrons. The maximum absolute atomic E-state index is 5.59. The van der Waals surface area contributed by atoms with Gasteiger partial charge in [-0.3, -0.25) is 0 Å². The Morgan fingerprint density at radius 2 is 1.95 bits per heavy atom. The van der Waals surface area contributed by atoms with Gasteiger partial charge < -0.3 is 10.1 Å². The summed E-state index contributed by atoms with van der Waals surface area (Å²) in [6.07, 6.45) is 0. The first kappa shape index (κ1) is 16.4. The van der Waals surface area contributed by atoms with Crippen LogP contribution in [0.5, 0.6) is 5.75 Å². The van der Waals surface area contributed by atoms with Gasteiger partial charge in [0.25, 0.3) is 0 Å². The lowest BCUT2D eigenvalue weighted by Crippen LogP contribution is -2.25. The lowest BCUT2D eigenvalue weighted by Gasteiger charge is -2.24. The molecule has 0 saturated heterocycles. The van der Waals surface area contributed by atoms with Crippen molar-refractivity contribution in [1.82, 2.24) is 5.32 Å². The molecule has 1 aromatic carbocycles. The molecule has 0 radical (unpaired) electrons. The number of rotatable bonds is 7. The number of hydrogen-bond acceptors (Lipinski definition) is 3. The van der Waals surface area contributed by atoms with Gasteiger partial charge in [0.2, 0.25) is 0 Å². The quantitative estimate of drug-likeness (QED) is 0.813. The van der Waals surface area contributed by atoms with Gasteiger partial charge in [0.1, 0.15) is 5.75 Å². The number of hydrogen-bond donors (Lipinski definition) is 1.